The molecule has 0 aliphatic heterocycles. The third-order valence-electron chi connectivity index (χ3n) is 1.67. The van der Waals surface area contributed by atoms with Crippen LogP contribution in [-0.2, 0) is 9.53 Å². The Hall–Kier alpha value is -1.32. The third kappa shape index (κ3) is 7.04. The molecule has 1 amide bonds. The average molecular weight is 227 g/mol. The molecule has 0 saturated carbocycles. The van der Waals surface area contributed by atoms with Gasteiger partial charge in [-0.15, -0.1) is 6.58 Å². The van der Waals surface area contributed by atoms with Gasteiger partial charge in [0, 0.05) is 6.54 Å². The van der Waals surface area contributed by atoms with Crippen molar-refractivity contribution in [3.8, 4) is 0 Å². The van der Waals surface area contributed by atoms with Crippen LogP contribution in [0.4, 0.5) is 4.79 Å². The minimum absolute atomic E-state index is 0.0603. The highest BCUT2D eigenvalue weighted by atomic mass is 16.6. The highest BCUT2D eigenvalue weighted by molar-refractivity contribution is 5.82. The molecule has 0 aliphatic carbocycles. The van der Waals surface area contributed by atoms with E-state index in [1.807, 2.05) is 0 Å². The lowest BCUT2D eigenvalue weighted by atomic mass is 10.2. The van der Waals surface area contributed by atoms with E-state index in [2.05, 4.69) is 6.58 Å². The molecule has 0 aliphatic rings. The van der Waals surface area contributed by atoms with E-state index in [1.54, 1.807) is 26.8 Å². The van der Waals surface area contributed by atoms with E-state index < -0.39 is 11.7 Å². The van der Waals surface area contributed by atoms with Gasteiger partial charge in [0.05, 0.1) is 6.54 Å². The molecular weight excluding hydrogens is 206 g/mol. The average Bonchev–Trinajstić information content (AvgIpc) is 2.08. The first-order valence-corrected chi connectivity index (χ1v) is 5.34. The van der Waals surface area contributed by atoms with E-state index in [-0.39, 0.29) is 12.3 Å². The van der Waals surface area contributed by atoms with Gasteiger partial charge < -0.3 is 9.64 Å². The van der Waals surface area contributed by atoms with Crippen molar-refractivity contribution in [2.45, 2.75) is 39.7 Å². The topological polar surface area (TPSA) is 46.6 Å². The van der Waals surface area contributed by atoms with E-state index in [0.717, 1.165) is 0 Å². The first-order chi connectivity index (χ1) is 7.26. The molecule has 0 aromatic carbocycles. The van der Waals surface area contributed by atoms with Crippen LogP contribution in [0.25, 0.3) is 0 Å². The van der Waals surface area contributed by atoms with Crippen LogP contribution in [0, 0.1) is 0 Å². The summed E-state index contributed by atoms with van der Waals surface area (Å²) < 4.78 is 5.20. The number of nitrogens with zero attached hydrogens (tertiary/aromatic N) is 1. The zero-order valence-corrected chi connectivity index (χ0v) is 10.6. The van der Waals surface area contributed by atoms with Crippen molar-refractivity contribution in [3.63, 3.8) is 0 Å². The Morgan fingerprint density at radius 1 is 1.38 bits per heavy atom. The summed E-state index contributed by atoms with van der Waals surface area (Å²) >= 11 is 0. The predicted molar refractivity (Wildman–Crippen MR) is 63.3 cm³/mol. The molecule has 0 aromatic rings. The number of ketones is 1. The van der Waals surface area contributed by atoms with Gasteiger partial charge in [-0.2, -0.15) is 0 Å². The van der Waals surface area contributed by atoms with Crippen LogP contribution in [0.3, 0.4) is 0 Å². The number of hydrogen-bond acceptors (Lipinski definition) is 3. The van der Waals surface area contributed by atoms with Gasteiger partial charge in [-0.3, -0.25) is 4.79 Å². The molecule has 0 N–H and O–H groups in total. The molecule has 0 aromatic heterocycles. The third-order valence-corrected chi connectivity index (χ3v) is 1.67. The lowest BCUT2D eigenvalue weighted by Gasteiger charge is -2.26. The van der Waals surface area contributed by atoms with Gasteiger partial charge in [-0.05, 0) is 34.1 Å². The van der Waals surface area contributed by atoms with Gasteiger partial charge in [0.15, 0.2) is 0 Å². The standard InChI is InChI=1S/C12H21NO3/c1-6-7-8-13(9-10(2)14)11(15)16-12(3,4)5/h6H,1,7-9H2,2-5H3. The molecule has 4 nitrogen and oxygen atoms in total. The molecule has 0 heterocycles. The van der Waals surface area contributed by atoms with Crippen LogP contribution in [0.2, 0.25) is 0 Å². The van der Waals surface area contributed by atoms with Gasteiger partial charge in [0.1, 0.15) is 11.4 Å². The number of carbonyl (C=O) groups is 2. The Kier molecular flexibility index (Phi) is 5.78. The highest BCUT2D eigenvalue weighted by Gasteiger charge is 2.22. The quantitative estimate of drug-likeness (QED) is 0.677. The van der Waals surface area contributed by atoms with E-state index in [9.17, 15) is 9.59 Å². The first kappa shape index (κ1) is 14.7. The van der Waals surface area contributed by atoms with E-state index >= 15 is 0 Å². The lowest BCUT2D eigenvalue weighted by molar-refractivity contribution is -0.118. The van der Waals surface area contributed by atoms with Crippen molar-refractivity contribution < 1.29 is 14.3 Å². The molecule has 0 rings (SSSR count). The van der Waals surface area contributed by atoms with Gasteiger partial charge in [0.25, 0.3) is 0 Å². The number of ether oxygens (including phenoxy) is 1. The summed E-state index contributed by atoms with van der Waals surface area (Å²) in [6.45, 7) is 11.0. The Morgan fingerprint density at radius 3 is 2.31 bits per heavy atom. The molecule has 16 heavy (non-hydrogen) atoms. The number of Topliss-reactive ketones (excluding diaryl/α,β-unsaturated/α-hetero) is 1. The number of amides is 1. The van der Waals surface area contributed by atoms with Gasteiger partial charge in [0.2, 0.25) is 0 Å². The lowest BCUT2D eigenvalue weighted by Crippen LogP contribution is -2.39. The first-order valence-electron chi connectivity index (χ1n) is 5.34. The number of carbonyl (C=O) groups excluding carboxylic acids is 2. The Balaban J connectivity index is 4.42. The maximum absolute atomic E-state index is 11.7. The molecule has 0 radical (unpaired) electrons. The van der Waals surface area contributed by atoms with E-state index in [1.165, 1.54) is 11.8 Å². The zero-order valence-electron chi connectivity index (χ0n) is 10.6. The fourth-order valence-corrected chi connectivity index (χ4v) is 1.08. The minimum atomic E-state index is -0.541. The molecule has 0 fully saturated rings. The van der Waals surface area contributed by atoms with Crippen molar-refractivity contribution in [1.82, 2.24) is 4.90 Å². The molecule has 0 unspecified atom stereocenters. The second kappa shape index (κ2) is 6.30. The predicted octanol–water partition coefficient (Wildman–Crippen LogP) is 2.39. The number of rotatable bonds is 5. The van der Waals surface area contributed by atoms with Crippen LogP contribution < -0.4 is 0 Å². The Bertz CT molecular complexity index is 266. The van der Waals surface area contributed by atoms with Gasteiger partial charge in [-0.25, -0.2) is 4.79 Å². The summed E-state index contributed by atoms with van der Waals surface area (Å²) in [6.07, 6.45) is 1.90. The van der Waals surface area contributed by atoms with Gasteiger partial charge in [-0.1, -0.05) is 6.08 Å². The Morgan fingerprint density at radius 2 is 1.94 bits per heavy atom. The molecule has 92 valence electrons. The maximum Gasteiger partial charge on any atom is 0.410 e. The molecule has 0 saturated heterocycles. The molecule has 0 bridgehead atoms. The van der Waals surface area contributed by atoms with Crippen molar-refractivity contribution in [3.05, 3.63) is 12.7 Å². The maximum atomic E-state index is 11.7. The summed E-state index contributed by atoms with van der Waals surface area (Å²) in [5.74, 6) is -0.0603. The minimum Gasteiger partial charge on any atom is -0.444 e. The largest absolute Gasteiger partial charge is 0.444 e. The molecule has 0 atom stereocenters. The second-order valence-electron chi connectivity index (χ2n) is 4.68. The van der Waals surface area contributed by atoms with Gasteiger partial charge >= 0.3 is 6.09 Å². The summed E-state index contributed by atoms with van der Waals surface area (Å²) in [4.78, 5) is 24.1. The van der Waals surface area contributed by atoms with Crippen LogP contribution in [0.1, 0.15) is 34.1 Å². The second-order valence-corrected chi connectivity index (χ2v) is 4.68. The smallest absolute Gasteiger partial charge is 0.410 e. The normalized spacial score (nSPS) is 10.8. The van der Waals surface area contributed by atoms with Crippen molar-refractivity contribution in [1.29, 1.82) is 0 Å². The van der Waals surface area contributed by atoms with Crippen LogP contribution in [-0.4, -0.2) is 35.5 Å². The fraction of sp³-hybridized carbons (Fsp3) is 0.667. The van der Waals surface area contributed by atoms with Crippen LogP contribution in [0.15, 0.2) is 12.7 Å². The van der Waals surface area contributed by atoms with Crippen molar-refractivity contribution >= 4 is 11.9 Å². The van der Waals surface area contributed by atoms with Crippen LogP contribution in [0.5, 0.6) is 0 Å². The van der Waals surface area contributed by atoms with Crippen molar-refractivity contribution in [2.75, 3.05) is 13.1 Å². The summed E-state index contributed by atoms with van der Waals surface area (Å²) in [5.41, 5.74) is -0.541. The number of hydrogen-bond donors (Lipinski definition) is 0. The van der Waals surface area contributed by atoms with Crippen molar-refractivity contribution in [2.24, 2.45) is 0 Å². The van der Waals surface area contributed by atoms with Crippen LogP contribution >= 0.6 is 0 Å². The monoisotopic (exact) mass is 227 g/mol. The van der Waals surface area contributed by atoms with E-state index in [0.29, 0.717) is 13.0 Å². The fourth-order valence-electron chi connectivity index (χ4n) is 1.08. The molecular formula is C12H21NO3. The summed E-state index contributed by atoms with van der Waals surface area (Å²) in [5, 5.41) is 0. The van der Waals surface area contributed by atoms with E-state index in [4.69, 9.17) is 4.74 Å². The highest BCUT2D eigenvalue weighted by Crippen LogP contribution is 2.10. The Labute approximate surface area is 97.3 Å². The zero-order chi connectivity index (χ0) is 12.8. The molecule has 4 heteroatoms. The summed E-state index contributed by atoms with van der Waals surface area (Å²) in [7, 11) is 0. The molecule has 0 spiro atoms. The SMILES string of the molecule is C=CCCN(CC(C)=O)C(=O)OC(C)(C)C. The summed E-state index contributed by atoms with van der Waals surface area (Å²) in [6, 6.07) is 0.